The lowest BCUT2D eigenvalue weighted by molar-refractivity contribution is -0.118. The number of fused-ring (bicyclic) bond motifs is 1. The number of methoxy groups -OCH3 is 1. The van der Waals surface area contributed by atoms with E-state index in [0.717, 1.165) is 0 Å². The van der Waals surface area contributed by atoms with Gasteiger partial charge in [0.25, 0.3) is 5.91 Å². The molecular weight excluding hydrogens is 346 g/mol. The third kappa shape index (κ3) is 4.02. The van der Waals surface area contributed by atoms with Gasteiger partial charge in [0.05, 0.1) is 24.4 Å². The summed E-state index contributed by atoms with van der Waals surface area (Å²) in [4.78, 5) is 28.1. The molecule has 7 nitrogen and oxygen atoms in total. The third-order valence-electron chi connectivity index (χ3n) is 3.70. The fourth-order valence-electron chi connectivity index (χ4n) is 2.46. The molecule has 1 N–H and O–H groups in total. The molecular formula is C20H15N3O4. The molecule has 1 heterocycles. The molecule has 3 aromatic rings. The minimum atomic E-state index is -0.626. The van der Waals surface area contributed by atoms with Crippen molar-refractivity contribution in [1.29, 1.82) is 5.26 Å². The molecule has 0 spiro atoms. The number of carbonyl (C=O) groups is 2. The molecule has 0 saturated carbocycles. The SMILES string of the molecule is COc1ccc2cc(C(=O)NC(C)=O)c(=Nc3cccc(C#N)c3)oc2c1. The minimum Gasteiger partial charge on any atom is -0.497 e. The number of imide groups is 1. The van der Waals surface area contributed by atoms with Gasteiger partial charge in [-0.25, -0.2) is 4.99 Å². The van der Waals surface area contributed by atoms with Crippen LogP contribution in [0.5, 0.6) is 5.75 Å². The largest absolute Gasteiger partial charge is 0.497 e. The van der Waals surface area contributed by atoms with Crippen molar-refractivity contribution in [3.05, 3.63) is 65.2 Å². The number of hydrogen-bond acceptors (Lipinski definition) is 6. The number of carbonyl (C=O) groups excluding carboxylic acids is 2. The second kappa shape index (κ2) is 7.54. The lowest BCUT2D eigenvalue weighted by Crippen LogP contribution is -2.32. The Balaban J connectivity index is 2.25. The van der Waals surface area contributed by atoms with Gasteiger partial charge in [-0.05, 0) is 36.4 Å². The van der Waals surface area contributed by atoms with E-state index < -0.39 is 11.8 Å². The molecule has 0 radical (unpaired) electrons. The number of benzene rings is 2. The van der Waals surface area contributed by atoms with Crippen molar-refractivity contribution < 1.29 is 18.7 Å². The van der Waals surface area contributed by atoms with Gasteiger partial charge in [0, 0.05) is 18.4 Å². The van der Waals surface area contributed by atoms with Gasteiger partial charge in [-0.2, -0.15) is 5.26 Å². The highest BCUT2D eigenvalue weighted by atomic mass is 16.5. The van der Waals surface area contributed by atoms with Crippen LogP contribution in [-0.2, 0) is 4.79 Å². The second-order valence-electron chi connectivity index (χ2n) is 5.65. The monoisotopic (exact) mass is 361 g/mol. The molecule has 0 atom stereocenters. The zero-order chi connectivity index (χ0) is 19.4. The quantitative estimate of drug-likeness (QED) is 0.772. The summed E-state index contributed by atoms with van der Waals surface area (Å²) in [5.74, 6) is -0.531. The smallest absolute Gasteiger partial charge is 0.263 e. The van der Waals surface area contributed by atoms with E-state index in [1.165, 1.54) is 14.0 Å². The molecule has 0 aliphatic rings. The molecule has 7 heteroatoms. The summed E-state index contributed by atoms with van der Waals surface area (Å²) in [5, 5.41) is 11.9. The summed E-state index contributed by atoms with van der Waals surface area (Å²) >= 11 is 0. The van der Waals surface area contributed by atoms with E-state index in [-0.39, 0.29) is 11.1 Å². The molecule has 0 aliphatic heterocycles. The molecule has 0 aliphatic carbocycles. The summed E-state index contributed by atoms with van der Waals surface area (Å²) in [6, 6.07) is 15.3. The standard InChI is InChI=1S/C20H15N3O4/c1-12(24)22-19(25)17-9-14-6-7-16(26-2)10-18(14)27-20(17)23-15-5-3-4-13(8-15)11-21/h3-10H,1-2H3,(H,22,24,25). The number of nitrogens with one attached hydrogen (secondary N) is 1. The van der Waals surface area contributed by atoms with Crippen molar-refractivity contribution in [2.45, 2.75) is 6.92 Å². The van der Waals surface area contributed by atoms with Crippen LogP contribution in [0, 0.1) is 11.3 Å². The highest BCUT2D eigenvalue weighted by Gasteiger charge is 2.14. The second-order valence-corrected chi connectivity index (χ2v) is 5.65. The Labute approximate surface area is 154 Å². The van der Waals surface area contributed by atoms with E-state index in [1.54, 1.807) is 48.5 Å². The first-order chi connectivity index (χ1) is 13.0. The maximum atomic E-state index is 12.4. The average molecular weight is 361 g/mol. The Bertz CT molecular complexity index is 1160. The zero-order valence-electron chi connectivity index (χ0n) is 14.6. The topological polar surface area (TPSA) is 105 Å². The van der Waals surface area contributed by atoms with Crippen molar-refractivity contribution in [3.8, 4) is 11.8 Å². The van der Waals surface area contributed by atoms with E-state index in [0.29, 0.717) is 28.0 Å². The number of nitrogens with zero attached hydrogens (tertiary/aromatic N) is 2. The van der Waals surface area contributed by atoms with Crippen LogP contribution < -0.4 is 15.6 Å². The van der Waals surface area contributed by atoms with E-state index in [2.05, 4.69) is 10.3 Å². The molecule has 27 heavy (non-hydrogen) atoms. The first kappa shape index (κ1) is 17.9. The summed E-state index contributed by atoms with van der Waals surface area (Å²) in [6.45, 7) is 1.24. The summed E-state index contributed by atoms with van der Waals surface area (Å²) in [5.41, 5.74) is 1.45. The van der Waals surface area contributed by atoms with Crippen LogP contribution in [-0.4, -0.2) is 18.9 Å². The molecule has 2 amide bonds. The highest BCUT2D eigenvalue weighted by Crippen LogP contribution is 2.21. The van der Waals surface area contributed by atoms with Crippen LogP contribution in [0.15, 0.2) is 57.9 Å². The number of hydrogen-bond donors (Lipinski definition) is 1. The summed E-state index contributed by atoms with van der Waals surface area (Å²) in [6.07, 6.45) is 0. The predicted octanol–water partition coefficient (Wildman–Crippen LogP) is 2.82. The van der Waals surface area contributed by atoms with Crippen molar-refractivity contribution in [1.82, 2.24) is 5.32 Å². The molecule has 134 valence electrons. The highest BCUT2D eigenvalue weighted by molar-refractivity contribution is 6.05. The molecule has 0 bridgehead atoms. The van der Waals surface area contributed by atoms with Crippen LogP contribution in [0.4, 0.5) is 5.69 Å². The van der Waals surface area contributed by atoms with Gasteiger partial charge in [0.2, 0.25) is 11.5 Å². The van der Waals surface area contributed by atoms with Crippen molar-refractivity contribution in [2.24, 2.45) is 4.99 Å². The molecule has 3 rings (SSSR count). The van der Waals surface area contributed by atoms with Crippen LogP contribution in [0.2, 0.25) is 0 Å². The van der Waals surface area contributed by atoms with E-state index in [4.69, 9.17) is 14.4 Å². The summed E-state index contributed by atoms with van der Waals surface area (Å²) in [7, 11) is 1.54. The first-order valence-corrected chi connectivity index (χ1v) is 7.99. The number of rotatable bonds is 3. The van der Waals surface area contributed by atoms with E-state index in [1.807, 2.05) is 6.07 Å². The van der Waals surface area contributed by atoms with Crippen molar-refractivity contribution >= 4 is 28.5 Å². The van der Waals surface area contributed by atoms with Crippen molar-refractivity contribution in [3.63, 3.8) is 0 Å². The lowest BCUT2D eigenvalue weighted by Gasteiger charge is -2.06. The molecule has 1 aromatic heterocycles. The fraction of sp³-hybridized carbons (Fsp3) is 0.100. The molecule has 0 fully saturated rings. The van der Waals surface area contributed by atoms with Gasteiger partial charge < -0.3 is 9.15 Å². The first-order valence-electron chi connectivity index (χ1n) is 7.99. The zero-order valence-corrected chi connectivity index (χ0v) is 14.6. The lowest BCUT2D eigenvalue weighted by atomic mass is 10.1. The van der Waals surface area contributed by atoms with Gasteiger partial charge in [-0.15, -0.1) is 0 Å². The fourth-order valence-corrected chi connectivity index (χ4v) is 2.46. The van der Waals surface area contributed by atoms with E-state index in [9.17, 15) is 9.59 Å². The molecule has 0 unspecified atom stereocenters. The Kier molecular flexibility index (Phi) is 4.99. The maximum Gasteiger partial charge on any atom is 0.263 e. The van der Waals surface area contributed by atoms with Gasteiger partial charge in [-0.1, -0.05) is 6.07 Å². The van der Waals surface area contributed by atoms with Crippen LogP contribution in [0.25, 0.3) is 11.0 Å². The third-order valence-corrected chi connectivity index (χ3v) is 3.70. The van der Waals surface area contributed by atoms with Gasteiger partial charge in [0.15, 0.2) is 0 Å². The van der Waals surface area contributed by atoms with Crippen molar-refractivity contribution in [2.75, 3.05) is 7.11 Å². The Morgan fingerprint density at radius 1 is 1.19 bits per heavy atom. The van der Waals surface area contributed by atoms with Crippen LogP contribution >= 0.6 is 0 Å². The average Bonchev–Trinajstić information content (AvgIpc) is 2.66. The van der Waals surface area contributed by atoms with Gasteiger partial charge >= 0.3 is 0 Å². The van der Waals surface area contributed by atoms with Crippen LogP contribution in [0.1, 0.15) is 22.8 Å². The Morgan fingerprint density at radius 3 is 2.70 bits per heavy atom. The maximum absolute atomic E-state index is 12.4. The number of amides is 2. The predicted molar refractivity (Wildman–Crippen MR) is 97.3 cm³/mol. The minimum absolute atomic E-state index is 0.0181. The number of nitriles is 1. The van der Waals surface area contributed by atoms with Gasteiger partial charge in [0.1, 0.15) is 16.9 Å². The van der Waals surface area contributed by atoms with Gasteiger partial charge in [-0.3, -0.25) is 14.9 Å². The van der Waals surface area contributed by atoms with Crippen LogP contribution in [0.3, 0.4) is 0 Å². The number of ether oxygens (including phenoxy) is 1. The summed E-state index contributed by atoms with van der Waals surface area (Å²) < 4.78 is 11.0. The van der Waals surface area contributed by atoms with E-state index >= 15 is 0 Å². The Hall–Kier alpha value is -3.92. The molecule has 0 saturated heterocycles. The normalized spacial score (nSPS) is 11.1. The Morgan fingerprint density at radius 2 is 2.00 bits per heavy atom. The molecule has 2 aromatic carbocycles.